The Morgan fingerprint density at radius 1 is 1.50 bits per heavy atom. The van der Waals surface area contributed by atoms with Crippen molar-refractivity contribution in [1.82, 2.24) is 15.5 Å². The molecule has 1 unspecified atom stereocenters. The van der Waals surface area contributed by atoms with Crippen LogP contribution in [0.2, 0.25) is 0 Å². The van der Waals surface area contributed by atoms with Crippen molar-refractivity contribution < 1.29 is 24.3 Å². The predicted octanol–water partition coefficient (Wildman–Crippen LogP) is -0.538. The van der Waals surface area contributed by atoms with Crippen LogP contribution in [0.1, 0.15) is 20.3 Å². The molecule has 0 aromatic rings. The van der Waals surface area contributed by atoms with E-state index in [1.807, 2.05) is 0 Å². The van der Waals surface area contributed by atoms with E-state index in [0.29, 0.717) is 0 Å². The molecule has 1 aliphatic heterocycles. The number of rotatable bonds is 6. The number of aliphatic carboxylic acids is 1. The van der Waals surface area contributed by atoms with E-state index in [1.54, 1.807) is 0 Å². The quantitative estimate of drug-likeness (QED) is 0.447. The monoisotopic (exact) mass is 283 g/mol. The van der Waals surface area contributed by atoms with E-state index in [4.69, 9.17) is 5.11 Å². The third-order valence-corrected chi connectivity index (χ3v) is 2.78. The van der Waals surface area contributed by atoms with Crippen LogP contribution in [0.15, 0.2) is 12.7 Å². The maximum absolute atomic E-state index is 11.8. The molecular weight excluding hydrogens is 266 g/mol. The second kappa shape index (κ2) is 5.72. The molecule has 1 aliphatic rings. The lowest BCUT2D eigenvalue weighted by atomic mass is 10.1. The Kier molecular flexibility index (Phi) is 4.49. The highest BCUT2D eigenvalue weighted by molar-refractivity contribution is 6.08. The highest BCUT2D eigenvalue weighted by atomic mass is 16.4. The van der Waals surface area contributed by atoms with E-state index >= 15 is 0 Å². The molecule has 0 saturated carbocycles. The molecule has 4 amide bonds. The summed E-state index contributed by atoms with van der Waals surface area (Å²) in [5.41, 5.74) is -1.06. The maximum Gasteiger partial charge on any atom is 0.326 e. The van der Waals surface area contributed by atoms with Crippen LogP contribution in [0.25, 0.3) is 0 Å². The zero-order valence-electron chi connectivity index (χ0n) is 11.3. The van der Waals surface area contributed by atoms with Crippen LogP contribution < -0.4 is 10.6 Å². The van der Waals surface area contributed by atoms with Crippen LogP contribution in [0.3, 0.4) is 0 Å². The first-order valence-corrected chi connectivity index (χ1v) is 5.96. The summed E-state index contributed by atoms with van der Waals surface area (Å²) in [6, 6.07) is -1.81. The van der Waals surface area contributed by atoms with Gasteiger partial charge in [-0.25, -0.2) is 9.59 Å². The fourth-order valence-electron chi connectivity index (χ4n) is 1.73. The summed E-state index contributed by atoms with van der Waals surface area (Å²) < 4.78 is 0. The smallest absolute Gasteiger partial charge is 0.326 e. The van der Waals surface area contributed by atoms with Crippen molar-refractivity contribution in [2.75, 3.05) is 6.54 Å². The van der Waals surface area contributed by atoms with Crippen LogP contribution >= 0.6 is 0 Å². The lowest BCUT2D eigenvalue weighted by molar-refractivity contribution is -0.142. The van der Waals surface area contributed by atoms with E-state index in [0.717, 1.165) is 4.90 Å². The third kappa shape index (κ3) is 3.34. The van der Waals surface area contributed by atoms with Crippen molar-refractivity contribution >= 4 is 23.8 Å². The van der Waals surface area contributed by atoms with Crippen LogP contribution in [-0.2, 0) is 14.4 Å². The first-order valence-electron chi connectivity index (χ1n) is 5.96. The SMILES string of the molecule is C=CCC(NC(=O)CN1C(=O)NC(C)(C)C1=O)C(=O)O. The van der Waals surface area contributed by atoms with E-state index < -0.39 is 41.9 Å². The van der Waals surface area contributed by atoms with E-state index in [1.165, 1.54) is 19.9 Å². The fourth-order valence-corrected chi connectivity index (χ4v) is 1.73. The summed E-state index contributed by atoms with van der Waals surface area (Å²) in [5, 5.41) is 13.5. The molecule has 110 valence electrons. The minimum absolute atomic E-state index is 0.0483. The van der Waals surface area contributed by atoms with Crippen molar-refractivity contribution in [3.8, 4) is 0 Å². The Hall–Kier alpha value is -2.38. The van der Waals surface area contributed by atoms with E-state index in [9.17, 15) is 19.2 Å². The van der Waals surface area contributed by atoms with Crippen LogP contribution in [0.4, 0.5) is 4.79 Å². The number of nitrogens with one attached hydrogen (secondary N) is 2. The number of carbonyl (C=O) groups excluding carboxylic acids is 3. The lowest BCUT2D eigenvalue weighted by Crippen LogP contribution is -2.47. The highest BCUT2D eigenvalue weighted by Crippen LogP contribution is 2.15. The van der Waals surface area contributed by atoms with Crippen molar-refractivity contribution in [2.24, 2.45) is 0 Å². The van der Waals surface area contributed by atoms with Gasteiger partial charge in [0.2, 0.25) is 5.91 Å². The molecule has 1 rings (SSSR count). The van der Waals surface area contributed by atoms with Gasteiger partial charge in [0, 0.05) is 0 Å². The Balaban J connectivity index is 2.67. The molecule has 8 nitrogen and oxygen atoms in total. The van der Waals surface area contributed by atoms with Gasteiger partial charge in [0.05, 0.1) is 0 Å². The summed E-state index contributed by atoms with van der Waals surface area (Å²) >= 11 is 0. The van der Waals surface area contributed by atoms with Crippen molar-refractivity contribution in [1.29, 1.82) is 0 Å². The summed E-state index contributed by atoms with van der Waals surface area (Å²) in [5.74, 6) is -2.47. The molecule has 0 spiro atoms. The first-order chi connectivity index (χ1) is 9.19. The average molecular weight is 283 g/mol. The minimum atomic E-state index is -1.21. The average Bonchev–Trinajstić information content (AvgIpc) is 2.51. The number of hydrogen-bond donors (Lipinski definition) is 3. The Labute approximate surface area is 115 Å². The van der Waals surface area contributed by atoms with Crippen molar-refractivity contribution in [3.63, 3.8) is 0 Å². The predicted molar refractivity (Wildman–Crippen MR) is 68.7 cm³/mol. The van der Waals surface area contributed by atoms with Gasteiger partial charge in [-0.05, 0) is 20.3 Å². The van der Waals surface area contributed by atoms with Gasteiger partial charge < -0.3 is 15.7 Å². The molecule has 0 bridgehead atoms. The summed E-state index contributed by atoms with van der Waals surface area (Å²) in [6.45, 7) is 5.91. The number of amides is 4. The molecule has 0 radical (unpaired) electrons. The van der Waals surface area contributed by atoms with Crippen LogP contribution in [0, 0.1) is 0 Å². The van der Waals surface area contributed by atoms with E-state index in [-0.39, 0.29) is 6.42 Å². The molecule has 3 N–H and O–H groups in total. The lowest BCUT2D eigenvalue weighted by Gasteiger charge is -2.17. The van der Waals surface area contributed by atoms with Gasteiger partial charge in [-0.1, -0.05) is 6.08 Å². The summed E-state index contributed by atoms with van der Waals surface area (Å²) in [4.78, 5) is 46.7. The zero-order chi connectivity index (χ0) is 15.5. The van der Waals surface area contributed by atoms with Crippen LogP contribution in [-0.4, -0.2) is 51.9 Å². The molecule has 1 atom stereocenters. The largest absolute Gasteiger partial charge is 0.480 e. The zero-order valence-corrected chi connectivity index (χ0v) is 11.3. The van der Waals surface area contributed by atoms with Gasteiger partial charge in [0.15, 0.2) is 0 Å². The molecule has 0 aliphatic carbocycles. The fraction of sp³-hybridized carbons (Fsp3) is 0.500. The number of nitrogens with zero attached hydrogens (tertiary/aromatic N) is 1. The molecule has 1 fully saturated rings. The molecule has 1 heterocycles. The number of carboxylic acid groups (broad SMARTS) is 1. The molecule has 0 aromatic carbocycles. The standard InChI is InChI=1S/C12H17N3O5/c1-4-5-7(9(17)18)13-8(16)6-15-10(19)12(2,3)14-11(15)20/h4,7H,1,5-6H2,2-3H3,(H,13,16)(H,14,20)(H,17,18). The number of imide groups is 1. The number of carboxylic acids is 1. The van der Waals surface area contributed by atoms with Gasteiger partial charge in [0.25, 0.3) is 5.91 Å². The van der Waals surface area contributed by atoms with Gasteiger partial charge in [-0.2, -0.15) is 0 Å². The second-order valence-electron chi connectivity index (χ2n) is 4.93. The number of carbonyl (C=O) groups is 4. The second-order valence-corrected chi connectivity index (χ2v) is 4.93. The molecular formula is C12H17N3O5. The van der Waals surface area contributed by atoms with Gasteiger partial charge >= 0.3 is 12.0 Å². The number of urea groups is 1. The van der Waals surface area contributed by atoms with Crippen LogP contribution in [0.5, 0.6) is 0 Å². The topological polar surface area (TPSA) is 116 Å². The van der Waals surface area contributed by atoms with Gasteiger partial charge in [0.1, 0.15) is 18.1 Å². The third-order valence-electron chi connectivity index (χ3n) is 2.78. The van der Waals surface area contributed by atoms with Crippen molar-refractivity contribution in [3.05, 3.63) is 12.7 Å². The normalized spacial score (nSPS) is 18.4. The number of hydrogen-bond acceptors (Lipinski definition) is 4. The van der Waals surface area contributed by atoms with Crippen molar-refractivity contribution in [2.45, 2.75) is 31.8 Å². The Bertz CT molecular complexity index is 472. The van der Waals surface area contributed by atoms with Gasteiger partial charge in [-0.15, -0.1) is 6.58 Å². The summed E-state index contributed by atoms with van der Waals surface area (Å²) in [7, 11) is 0. The summed E-state index contributed by atoms with van der Waals surface area (Å²) in [6.07, 6.45) is 1.41. The molecule has 1 saturated heterocycles. The highest BCUT2D eigenvalue weighted by Gasteiger charge is 2.45. The maximum atomic E-state index is 11.8. The first kappa shape index (κ1) is 15.7. The Morgan fingerprint density at radius 2 is 2.10 bits per heavy atom. The molecule has 0 aromatic heterocycles. The minimum Gasteiger partial charge on any atom is -0.480 e. The molecule has 8 heteroatoms. The van der Waals surface area contributed by atoms with Gasteiger partial charge in [-0.3, -0.25) is 14.5 Å². The Morgan fingerprint density at radius 3 is 2.50 bits per heavy atom. The molecule has 20 heavy (non-hydrogen) atoms. The van der Waals surface area contributed by atoms with E-state index in [2.05, 4.69) is 17.2 Å².